The number of hydrogen-bond acceptors (Lipinski definition) is 2. The maximum absolute atomic E-state index is 8.60. The summed E-state index contributed by atoms with van der Waals surface area (Å²) in [6.07, 6.45) is 2.89. The van der Waals surface area contributed by atoms with Crippen LogP contribution in [0.15, 0.2) is 24.3 Å². The van der Waals surface area contributed by atoms with Crippen molar-refractivity contribution in [2.24, 2.45) is 0 Å². The number of nitriles is 2. The summed E-state index contributed by atoms with van der Waals surface area (Å²) in [5, 5.41) is 17.4. The molecule has 13 heavy (non-hydrogen) atoms. The van der Waals surface area contributed by atoms with Crippen molar-refractivity contribution in [1.82, 2.24) is 0 Å². The highest BCUT2D eigenvalue weighted by atomic mass is 35.5. The first-order valence-corrected chi connectivity index (χ1v) is 3.91. The van der Waals surface area contributed by atoms with Crippen LogP contribution in [0.2, 0.25) is 5.02 Å². The zero-order valence-corrected chi connectivity index (χ0v) is 7.42. The maximum Gasteiger partial charge on any atom is 0.0991 e. The molecule has 1 aromatic rings. The predicted octanol–water partition coefficient (Wildman–Crippen LogP) is 2.75. The molecule has 62 valence electrons. The third-order valence-electron chi connectivity index (χ3n) is 1.46. The van der Waals surface area contributed by atoms with Gasteiger partial charge in [0.1, 0.15) is 0 Å². The van der Waals surface area contributed by atoms with Crippen LogP contribution in [0.25, 0.3) is 6.08 Å². The molecule has 0 N–H and O–H groups in total. The molecule has 3 heteroatoms. The Morgan fingerprint density at radius 1 is 1.31 bits per heavy atom. The number of hydrogen-bond donors (Lipinski definition) is 0. The van der Waals surface area contributed by atoms with Gasteiger partial charge in [-0.25, -0.2) is 0 Å². The standard InChI is InChI=1S/C10H5ClN2/c11-10-4-3-8(7-13)6-9(10)2-1-5-12/h1-4,6H. The lowest BCUT2D eigenvalue weighted by Crippen LogP contribution is -1.78. The monoisotopic (exact) mass is 188 g/mol. The molecule has 0 aliphatic heterocycles. The fraction of sp³-hybridized carbons (Fsp3) is 0. The normalized spacial score (nSPS) is 9.46. The largest absolute Gasteiger partial charge is 0.193 e. The van der Waals surface area contributed by atoms with Crippen LogP contribution in [0.1, 0.15) is 11.1 Å². The minimum atomic E-state index is 0.530. The van der Waals surface area contributed by atoms with E-state index >= 15 is 0 Å². The van der Waals surface area contributed by atoms with Gasteiger partial charge in [0.05, 0.1) is 17.7 Å². The highest BCUT2D eigenvalue weighted by Gasteiger charge is 1.97. The zero-order chi connectivity index (χ0) is 9.68. The minimum Gasteiger partial charge on any atom is -0.193 e. The van der Waals surface area contributed by atoms with E-state index in [-0.39, 0.29) is 0 Å². The molecule has 0 aliphatic rings. The van der Waals surface area contributed by atoms with Gasteiger partial charge in [-0.2, -0.15) is 10.5 Å². The molecule has 0 aliphatic carbocycles. The molecular formula is C10H5ClN2. The van der Waals surface area contributed by atoms with E-state index in [0.717, 1.165) is 0 Å². The first-order chi connectivity index (χ1) is 6.27. The van der Waals surface area contributed by atoms with Crippen LogP contribution in [-0.4, -0.2) is 0 Å². The fourth-order valence-electron chi connectivity index (χ4n) is 0.868. The van der Waals surface area contributed by atoms with Crippen LogP contribution < -0.4 is 0 Å². The van der Waals surface area contributed by atoms with E-state index in [4.69, 9.17) is 22.1 Å². The van der Waals surface area contributed by atoms with Gasteiger partial charge in [-0.05, 0) is 29.8 Å². The first-order valence-electron chi connectivity index (χ1n) is 3.53. The van der Waals surface area contributed by atoms with Crippen LogP contribution in [0, 0.1) is 22.7 Å². The maximum atomic E-state index is 8.60. The van der Waals surface area contributed by atoms with Gasteiger partial charge < -0.3 is 0 Å². The van der Waals surface area contributed by atoms with Gasteiger partial charge in [0.15, 0.2) is 0 Å². The quantitative estimate of drug-likeness (QED) is 0.637. The molecule has 0 spiro atoms. The molecule has 1 rings (SSSR count). The highest BCUT2D eigenvalue weighted by molar-refractivity contribution is 6.32. The Labute approximate surface area is 81.3 Å². The topological polar surface area (TPSA) is 47.6 Å². The summed E-state index contributed by atoms with van der Waals surface area (Å²) in [4.78, 5) is 0. The van der Waals surface area contributed by atoms with Crippen molar-refractivity contribution in [2.45, 2.75) is 0 Å². The molecule has 0 unspecified atom stereocenters. The van der Waals surface area contributed by atoms with E-state index in [0.29, 0.717) is 16.1 Å². The van der Waals surface area contributed by atoms with Crippen molar-refractivity contribution < 1.29 is 0 Å². The van der Waals surface area contributed by atoms with Crippen LogP contribution in [0.5, 0.6) is 0 Å². The molecule has 0 saturated carbocycles. The molecule has 1 aromatic carbocycles. The number of halogens is 1. The highest BCUT2D eigenvalue weighted by Crippen LogP contribution is 2.18. The van der Waals surface area contributed by atoms with Crippen molar-refractivity contribution in [2.75, 3.05) is 0 Å². The Balaban J connectivity index is 3.15. The number of nitrogens with zero attached hydrogens (tertiary/aromatic N) is 2. The lowest BCUT2D eigenvalue weighted by Gasteiger charge is -1.96. The number of benzene rings is 1. The molecule has 0 radical (unpaired) electrons. The van der Waals surface area contributed by atoms with E-state index in [1.165, 1.54) is 6.08 Å². The SMILES string of the molecule is N#CC=Cc1cc(C#N)ccc1Cl. The van der Waals surface area contributed by atoms with Crippen molar-refractivity contribution in [3.05, 3.63) is 40.4 Å². The van der Waals surface area contributed by atoms with Gasteiger partial charge in [0, 0.05) is 11.1 Å². The van der Waals surface area contributed by atoms with Crippen molar-refractivity contribution in [3.8, 4) is 12.1 Å². The van der Waals surface area contributed by atoms with Gasteiger partial charge in [-0.1, -0.05) is 11.6 Å². The molecule has 0 saturated heterocycles. The third kappa shape index (κ3) is 2.33. The van der Waals surface area contributed by atoms with Crippen LogP contribution in [0.4, 0.5) is 0 Å². The lowest BCUT2D eigenvalue weighted by atomic mass is 10.1. The van der Waals surface area contributed by atoms with Crippen LogP contribution >= 0.6 is 11.6 Å². The summed E-state index contributed by atoms with van der Waals surface area (Å²) in [5.41, 5.74) is 1.21. The molecular weight excluding hydrogens is 184 g/mol. The average Bonchev–Trinajstić information content (AvgIpc) is 2.17. The second-order valence-electron chi connectivity index (χ2n) is 2.31. The Morgan fingerprint density at radius 3 is 2.69 bits per heavy atom. The second kappa shape index (κ2) is 4.30. The summed E-state index contributed by atoms with van der Waals surface area (Å²) in [6, 6.07) is 8.76. The van der Waals surface area contributed by atoms with Crippen molar-refractivity contribution >= 4 is 17.7 Å². The molecule has 0 heterocycles. The predicted molar refractivity (Wildman–Crippen MR) is 50.8 cm³/mol. The Bertz CT molecular complexity index is 422. The number of allylic oxidation sites excluding steroid dienone is 1. The smallest absolute Gasteiger partial charge is 0.0991 e. The molecule has 0 bridgehead atoms. The molecule has 0 amide bonds. The summed E-state index contributed by atoms with van der Waals surface area (Å²) in [6.45, 7) is 0. The van der Waals surface area contributed by atoms with Crippen molar-refractivity contribution in [3.63, 3.8) is 0 Å². The van der Waals surface area contributed by atoms with E-state index in [2.05, 4.69) is 0 Å². The van der Waals surface area contributed by atoms with Gasteiger partial charge in [0.2, 0.25) is 0 Å². The van der Waals surface area contributed by atoms with E-state index in [1.54, 1.807) is 24.3 Å². The van der Waals surface area contributed by atoms with Gasteiger partial charge in [0.25, 0.3) is 0 Å². The summed E-state index contributed by atoms with van der Waals surface area (Å²) >= 11 is 5.82. The molecule has 0 fully saturated rings. The van der Waals surface area contributed by atoms with Crippen LogP contribution in [0.3, 0.4) is 0 Å². The van der Waals surface area contributed by atoms with Crippen LogP contribution in [-0.2, 0) is 0 Å². The molecule has 2 nitrogen and oxygen atoms in total. The Kier molecular flexibility index (Phi) is 3.09. The Hall–Kier alpha value is -1.77. The molecule has 0 atom stereocenters. The number of rotatable bonds is 1. The van der Waals surface area contributed by atoms with Gasteiger partial charge in [-0.3, -0.25) is 0 Å². The molecule has 0 aromatic heterocycles. The van der Waals surface area contributed by atoms with Gasteiger partial charge in [-0.15, -0.1) is 0 Å². The summed E-state index contributed by atoms with van der Waals surface area (Å²) in [7, 11) is 0. The Morgan fingerprint density at radius 2 is 2.08 bits per heavy atom. The summed E-state index contributed by atoms with van der Waals surface area (Å²) < 4.78 is 0. The fourth-order valence-corrected chi connectivity index (χ4v) is 1.05. The summed E-state index contributed by atoms with van der Waals surface area (Å²) in [5.74, 6) is 0. The average molecular weight is 189 g/mol. The van der Waals surface area contributed by atoms with E-state index < -0.39 is 0 Å². The van der Waals surface area contributed by atoms with E-state index in [9.17, 15) is 0 Å². The lowest BCUT2D eigenvalue weighted by molar-refractivity contribution is 1.48. The van der Waals surface area contributed by atoms with Gasteiger partial charge >= 0.3 is 0 Å². The minimum absolute atomic E-state index is 0.530. The first kappa shape index (κ1) is 9.32. The third-order valence-corrected chi connectivity index (χ3v) is 1.81. The van der Waals surface area contributed by atoms with E-state index in [1.807, 2.05) is 12.1 Å². The zero-order valence-electron chi connectivity index (χ0n) is 6.66. The second-order valence-corrected chi connectivity index (χ2v) is 2.72. The van der Waals surface area contributed by atoms with Crippen molar-refractivity contribution in [1.29, 1.82) is 10.5 Å².